The molecule has 0 unspecified atom stereocenters. The number of benzene rings is 1. The Morgan fingerprint density at radius 1 is 1.22 bits per heavy atom. The van der Waals surface area contributed by atoms with Crippen molar-refractivity contribution in [1.82, 2.24) is 4.31 Å². The van der Waals surface area contributed by atoms with Crippen LogP contribution >= 0.6 is 0 Å². The van der Waals surface area contributed by atoms with Gasteiger partial charge in [0.05, 0.1) is 4.90 Å². The molecule has 1 heterocycles. The van der Waals surface area contributed by atoms with Crippen LogP contribution in [-0.2, 0) is 21.4 Å². The minimum atomic E-state index is -3.52. The molecule has 0 radical (unpaired) electrons. The lowest BCUT2D eigenvalue weighted by molar-refractivity contribution is -0.684. The number of sulfonamides is 1. The van der Waals surface area contributed by atoms with Crippen LogP contribution in [0.3, 0.4) is 0 Å². The normalized spacial score (nSPS) is 11.5. The quantitative estimate of drug-likeness (QED) is 0.835. The molecular weight excluding hydrogens is 314 g/mol. The fourth-order valence-corrected chi connectivity index (χ4v) is 3.01. The van der Waals surface area contributed by atoms with Gasteiger partial charge in [-0.15, -0.1) is 0 Å². The van der Waals surface area contributed by atoms with Crippen LogP contribution in [0.5, 0.6) is 0 Å². The summed E-state index contributed by atoms with van der Waals surface area (Å²) in [6.07, 6.45) is 3.67. The number of anilines is 1. The number of nitrogens with one attached hydrogen (secondary N) is 1. The van der Waals surface area contributed by atoms with Crippen molar-refractivity contribution in [3.8, 4) is 0 Å². The second-order valence-corrected chi connectivity index (χ2v) is 7.57. The van der Waals surface area contributed by atoms with Gasteiger partial charge in [0.2, 0.25) is 16.6 Å². The Morgan fingerprint density at radius 2 is 1.96 bits per heavy atom. The van der Waals surface area contributed by atoms with Gasteiger partial charge in [-0.1, -0.05) is 6.07 Å². The highest BCUT2D eigenvalue weighted by Gasteiger charge is 2.18. The van der Waals surface area contributed by atoms with Gasteiger partial charge in [0.1, 0.15) is 0 Å². The first kappa shape index (κ1) is 17.1. The summed E-state index contributed by atoms with van der Waals surface area (Å²) in [6, 6.07) is 10.0. The van der Waals surface area contributed by atoms with Gasteiger partial charge < -0.3 is 5.32 Å². The number of hydrogen-bond acceptors (Lipinski definition) is 3. The van der Waals surface area contributed by atoms with E-state index in [1.54, 1.807) is 22.9 Å². The Balaban J connectivity index is 2.13. The molecule has 0 atom stereocenters. The van der Waals surface area contributed by atoms with Crippen LogP contribution in [0.2, 0.25) is 0 Å². The fraction of sp³-hybridized carbons (Fsp3) is 0.250. The van der Waals surface area contributed by atoms with E-state index < -0.39 is 10.0 Å². The smallest absolute Gasteiger partial charge is 0.290 e. The van der Waals surface area contributed by atoms with E-state index in [0.717, 1.165) is 9.87 Å². The Morgan fingerprint density at radius 3 is 2.61 bits per heavy atom. The summed E-state index contributed by atoms with van der Waals surface area (Å²) in [5, 5.41) is 2.72. The highest BCUT2D eigenvalue weighted by molar-refractivity contribution is 7.89. The molecule has 1 N–H and O–H groups in total. The maximum atomic E-state index is 12.1. The van der Waals surface area contributed by atoms with Crippen molar-refractivity contribution < 1.29 is 17.8 Å². The van der Waals surface area contributed by atoms with E-state index in [2.05, 4.69) is 5.32 Å². The monoisotopic (exact) mass is 334 g/mol. The number of pyridine rings is 1. The number of aryl methyl sites for hydroxylation is 1. The molecule has 0 aliphatic heterocycles. The van der Waals surface area contributed by atoms with E-state index in [1.165, 1.54) is 26.2 Å². The van der Waals surface area contributed by atoms with Gasteiger partial charge in [0, 0.05) is 31.4 Å². The lowest BCUT2D eigenvalue weighted by Crippen LogP contribution is -2.39. The summed E-state index contributed by atoms with van der Waals surface area (Å²) in [7, 11) is -0.588. The van der Waals surface area contributed by atoms with Crippen LogP contribution < -0.4 is 9.88 Å². The maximum absolute atomic E-state index is 12.1. The molecule has 0 aliphatic carbocycles. The Labute approximate surface area is 136 Å². The average Bonchev–Trinajstić information content (AvgIpc) is 2.47. The van der Waals surface area contributed by atoms with E-state index in [1.807, 2.05) is 25.3 Å². The molecule has 0 saturated heterocycles. The molecule has 0 aliphatic rings. The van der Waals surface area contributed by atoms with Crippen molar-refractivity contribution in [2.24, 2.45) is 0 Å². The van der Waals surface area contributed by atoms with Crippen LogP contribution in [0.15, 0.2) is 53.7 Å². The summed E-state index contributed by atoms with van der Waals surface area (Å²) in [5.74, 6) is -0.222. The molecule has 1 aromatic heterocycles. The third kappa shape index (κ3) is 4.37. The van der Waals surface area contributed by atoms with Gasteiger partial charge >= 0.3 is 0 Å². The number of nitrogens with zero attached hydrogens (tertiary/aromatic N) is 2. The minimum absolute atomic E-state index is 0.142. The maximum Gasteiger partial charge on any atom is 0.290 e. The van der Waals surface area contributed by atoms with E-state index in [9.17, 15) is 13.2 Å². The molecule has 0 bridgehead atoms. The molecular formula is C16H20N3O3S+. The highest BCUT2D eigenvalue weighted by atomic mass is 32.2. The van der Waals surface area contributed by atoms with E-state index in [4.69, 9.17) is 0 Å². The third-order valence-electron chi connectivity index (χ3n) is 3.23. The predicted molar refractivity (Wildman–Crippen MR) is 87.3 cm³/mol. The Kier molecular flexibility index (Phi) is 5.12. The summed E-state index contributed by atoms with van der Waals surface area (Å²) >= 11 is 0. The van der Waals surface area contributed by atoms with E-state index in [0.29, 0.717) is 5.69 Å². The second kappa shape index (κ2) is 6.89. The number of carbonyl (C=O) groups is 1. The molecule has 0 spiro atoms. The standard InChI is InChI=1S/C16H19N3O3S/c1-13-6-5-9-19(11-13)12-16(20)17-14-7-4-8-15(10-14)23(21,22)18(2)3/h4-11H,12H2,1-3H3/p+1. The molecule has 2 aromatic rings. The zero-order valence-electron chi connectivity index (χ0n) is 13.4. The van der Waals surface area contributed by atoms with Crippen LogP contribution in [0.25, 0.3) is 0 Å². The minimum Gasteiger partial charge on any atom is -0.321 e. The molecule has 0 fully saturated rings. The second-order valence-electron chi connectivity index (χ2n) is 5.42. The van der Waals surface area contributed by atoms with Crippen molar-refractivity contribution in [1.29, 1.82) is 0 Å². The number of carbonyl (C=O) groups excluding carboxylic acids is 1. The van der Waals surface area contributed by atoms with Gasteiger partial charge in [0.15, 0.2) is 12.4 Å². The van der Waals surface area contributed by atoms with Gasteiger partial charge in [-0.3, -0.25) is 4.79 Å². The molecule has 0 saturated carbocycles. The average molecular weight is 334 g/mol. The first-order valence-corrected chi connectivity index (χ1v) is 8.51. The first-order valence-electron chi connectivity index (χ1n) is 7.07. The molecule has 1 amide bonds. The predicted octanol–water partition coefficient (Wildman–Crippen LogP) is 1.17. The number of amides is 1. The van der Waals surface area contributed by atoms with Crippen molar-refractivity contribution in [3.05, 3.63) is 54.4 Å². The van der Waals surface area contributed by atoms with Crippen LogP contribution in [-0.4, -0.2) is 32.7 Å². The molecule has 2 rings (SSSR count). The highest BCUT2D eigenvalue weighted by Crippen LogP contribution is 2.17. The fourth-order valence-electron chi connectivity index (χ4n) is 2.06. The van der Waals surface area contributed by atoms with Crippen LogP contribution in [0, 0.1) is 6.92 Å². The first-order chi connectivity index (χ1) is 10.8. The SMILES string of the molecule is Cc1ccc[n+](CC(=O)Nc2cccc(S(=O)(=O)N(C)C)c2)c1. The molecule has 7 heteroatoms. The number of hydrogen-bond donors (Lipinski definition) is 1. The van der Waals surface area contributed by atoms with Crippen LogP contribution in [0.1, 0.15) is 5.56 Å². The van der Waals surface area contributed by atoms with E-state index >= 15 is 0 Å². The number of aromatic nitrogens is 1. The van der Waals surface area contributed by atoms with Gasteiger partial charge in [-0.2, -0.15) is 4.57 Å². The molecule has 6 nitrogen and oxygen atoms in total. The molecule has 23 heavy (non-hydrogen) atoms. The summed E-state index contributed by atoms with van der Waals surface area (Å²) in [5.41, 5.74) is 1.51. The Hall–Kier alpha value is -2.25. The zero-order valence-corrected chi connectivity index (χ0v) is 14.2. The summed E-state index contributed by atoms with van der Waals surface area (Å²) in [4.78, 5) is 12.2. The van der Waals surface area contributed by atoms with Crippen molar-refractivity contribution in [3.63, 3.8) is 0 Å². The number of rotatable bonds is 5. The summed E-state index contributed by atoms with van der Waals surface area (Å²) < 4.78 is 27.1. The topological polar surface area (TPSA) is 70.4 Å². The lowest BCUT2D eigenvalue weighted by atomic mass is 10.3. The Bertz CT molecular complexity index is 817. The van der Waals surface area contributed by atoms with Crippen molar-refractivity contribution >= 4 is 21.6 Å². The third-order valence-corrected chi connectivity index (χ3v) is 5.04. The van der Waals surface area contributed by atoms with Crippen LogP contribution in [0.4, 0.5) is 5.69 Å². The van der Waals surface area contributed by atoms with Gasteiger partial charge in [0.25, 0.3) is 5.91 Å². The molecule has 1 aromatic carbocycles. The largest absolute Gasteiger partial charge is 0.321 e. The van der Waals surface area contributed by atoms with Crippen molar-refractivity contribution in [2.45, 2.75) is 18.4 Å². The van der Waals surface area contributed by atoms with Gasteiger partial charge in [-0.05, 0) is 31.2 Å². The molecule has 122 valence electrons. The van der Waals surface area contributed by atoms with E-state index in [-0.39, 0.29) is 17.3 Å². The van der Waals surface area contributed by atoms with Gasteiger partial charge in [-0.25, -0.2) is 12.7 Å². The van der Waals surface area contributed by atoms with Crippen molar-refractivity contribution in [2.75, 3.05) is 19.4 Å². The zero-order chi connectivity index (χ0) is 17.0. The summed E-state index contributed by atoms with van der Waals surface area (Å²) in [6.45, 7) is 2.11. The lowest BCUT2D eigenvalue weighted by Gasteiger charge is -2.12.